The number of methoxy groups -OCH3 is 1. The van der Waals surface area contributed by atoms with Gasteiger partial charge in [0.2, 0.25) is 0 Å². The summed E-state index contributed by atoms with van der Waals surface area (Å²) in [5, 5.41) is 3.70. The number of likely N-dealkylation sites (tertiary alicyclic amines) is 1. The van der Waals surface area contributed by atoms with Gasteiger partial charge in [-0.15, -0.1) is 0 Å². The molecule has 0 amide bonds. The van der Waals surface area contributed by atoms with E-state index in [4.69, 9.17) is 4.74 Å². The minimum atomic E-state index is 0.619. The summed E-state index contributed by atoms with van der Waals surface area (Å²) in [4.78, 5) is 2.74. The van der Waals surface area contributed by atoms with Crippen molar-refractivity contribution in [2.24, 2.45) is 0 Å². The molecule has 0 aliphatic carbocycles. The van der Waals surface area contributed by atoms with Gasteiger partial charge in [-0.2, -0.15) is 0 Å². The zero-order chi connectivity index (χ0) is 14.7. The van der Waals surface area contributed by atoms with Gasteiger partial charge in [0.15, 0.2) is 0 Å². The number of nitrogens with zero attached hydrogens (tertiary/aromatic N) is 1. The van der Waals surface area contributed by atoms with E-state index in [2.05, 4.69) is 41.4 Å². The van der Waals surface area contributed by atoms with Gasteiger partial charge in [0.25, 0.3) is 0 Å². The van der Waals surface area contributed by atoms with Crippen LogP contribution in [-0.4, -0.2) is 43.2 Å². The summed E-state index contributed by atoms with van der Waals surface area (Å²) in [6.07, 6.45) is 6.56. The van der Waals surface area contributed by atoms with Crippen molar-refractivity contribution in [2.75, 3.05) is 20.2 Å². The molecular formula is C18H28N2O. The van der Waals surface area contributed by atoms with E-state index in [0.717, 1.165) is 24.3 Å². The Hall–Kier alpha value is -1.06. The fourth-order valence-corrected chi connectivity index (χ4v) is 4.05. The Bertz CT molecular complexity index is 439. The van der Waals surface area contributed by atoms with Crippen LogP contribution in [0.5, 0.6) is 5.75 Å². The van der Waals surface area contributed by atoms with Crippen LogP contribution < -0.4 is 10.1 Å². The molecule has 0 radical (unpaired) electrons. The molecule has 3 unspecified atom stereocenters. The van der Waals surface area contributed by atoms with Gasteiger partial charge >= 0.3 is 0 Å². The van der Waals surface area contributed by atoms with E-state index < -0.39 is 0 Å². The fraction of sp³-hybridized carbons (Fsp3) is 0.667. The minimum absolute atomic E-state index is 0.619. The lowest BCUT2D eigenvalue weighted by atomic mass is 10.0. The zero-order valence-electron chi connectivity index (χ0n) is 13.3. The van der Waals surface area contributed by atoms with Crippen LogP contribution in [-0.2, 0) is 6.42 Å². The predicted molar refractivity (Wildman–Crippen MR) is 86.9 cm³/mol. The topological polar surface area (TPSA) is 24.5 Å². The Morgan fingerprint density at radius 2 is 2.05 bits per heavy atom. The molecule has 0 aromatic heterocycles. The van der Waals surface area contributed by atoms with Crippen molar-refractivity contribution >= 4 is 0 Å². The lowest BCUT2D eigenvalue weighted by molar-refractivity contribution is 0.162. The van der Waals surface area contributed by atoms with Gasteiger partial charge in [-0.3, -0.25) is 4.90 Å². The van der Waals surface area contributed by atoms with E-state index in [-0.39, 0.29) is 0 Å². The van der Waals surface area contributed by atoms with Crippen molar-refractivity contribution in [1.29, 1.82) is 0 Å². The normalized spacial score (nSPS) is 27.9. The third-order valence-corrected chi connectivity index (χ3v) is 5.16. The highest BCUT2D eigenvalue weighted by Crippen LogP contribution is 2.28. The quantitative estimate of drug-likeness (QED) is 0.901. The third kappa shape index (κ3) is 3.41. The summed E-state index contributed by atoms with van der Waals surface area (Å²) in [5.74, 6) is 0.945. The van der Waals surface area contributed by atoms with E-state index in [1.54, 1.807) is 7.11 Å². The van der Waals surface area contributed by atoms with Gasteiger partial charge in [0.05, 0.1) is 7.11 Å². The minimum Gasteiger partial charge on any atom is -0.497 e. The number of nitrogens with one attached hydrogen (secondary N) is 1. The van der Waals surface area contributed by atoms with Crippen molar-refractivity contribution in [3.8, 4) is 5.75 Å². The van der Waals surface area contributed by atoms with E-state index in [1.165, 1.54) is 44.3 Å². The smallest absolute Gasteiger partial charge is 0.118 e. The van der Waals surface area contributed by atoms with Crippen LogP contribution in [0.1, 0.15) is 38.2 Å². The molecule has 2 aliphatic heterocycles. The second-order valence-electron chi connectivity index (χ2n) is 6.55. The van der Waals surface area contributed by atoms with Gasteiger partial charge in [0.1, 0.15) is 5.75 Å². The molecule has 0 bridgehead atoms. The molecule has 1 aromatic rings. The van der Waals surface area contributed by atoms with E-state index >= 15 is 0 Å². The molecule has 0 saturated carbocycles. The second-order valence-corrected chi connectivity index (χ2v) is 6.55. The lowest BCUT2D eigenvalue weighted by Gasteiger charge is -2.34. The number of hydrogen-bond donors (Lipinski definition) is 1. The second kappa shape index (κ2) is 6.80. The van der Waals surface area contributed by atoms with Gasteiger partial charge in [-0.05, 0) is 69.8 Å². The maximum absolute atomic E-state index is 5.24. The Balaban J connectivity index is 1.61. The monoisotopic (exact) mass is 288 g/mol. The molecular weight excluding hydrogens is 260 g/mol. The van der Waals surface area contributed by atoms with Gasteiger partial charge in [0, 0.05) is 18.1 Å². The highest BCUT2D eigenvalue weighted by atomic mass is 16.5. The summed E-state index contributed by atoms with van der Waals surface area (Å²) in [6, 6.07) is 10.6. The SMILES string of the molecule is COc1ccc(CC(C)N2CCCC2C2CCCN2)cc1. The largest absolute Gasteiger partial charge is 0.497 e. The van der Waals surface area contributed by atoms with Crippen LogP contribution in [0.15, 0.2) is 24.3 Å². The zero-order valence-corrected chi connectivity index (χ0v) is 13.3. The maximum Gasteiger partial charge on any atom is 0.118 e. The average molecular weight is 288 g/mol. The molecule has 2 fully saturated rings. The molecule has 116 valence electrons. The van der Waals surface area contributed by atoms with Gasteiger partial charge < -0.3 is 10.1 Å². The standard InChI is InChI=1S/C18H28N2O/c1-14(13-15-7-9-16(21-2)10-8-15)20-12-4-6-18(20)17-5-3-11-19-17/h7-10,14,17-19H,3-6,11-13H2,1-2H3. The van der Waals surface area contributed by atoms with Crippen molar-refractivity contribution in [2.45, 2.75) is 57.2 Å². The van der Waals surface area contributed by atoms with Gasteiger partial charge in [-0.1, -0.05) is 12.1 Å². The number of rotatable bonds is 5. The molecule has 1 aromatic carbocycles. The van der Waals surface area contributed by atoms with Crippen molar-refractivity contribution in [1.82, 2.24) is 10.2 Å². The highest BCUT2D eigenvalue weighted by Gasteiger charge is 2.35. The fourth-order valence-electron chi connectivity index (χ4n) is 4.05. The first-order valence-corrected chi connectivity index (χ1v) is 8.40. The molecule has 0 spiro atoms. The summed E-state index contributed by atoms with van der Waals surface area (Å²) in [5.41, 5.74) is 1.41. The molecule has 3 heteroatoms. The first kappa shape index (κ1) is 14.9. The van der Waals surface area contributed by atoms with Crippen LogP contribution in [0.4, 0.5) is 0 Å². The van der Waals surface area contributed by atoms with E-state index in [1.807, 2.05) is 0 Å². The maximum atomic E-state index is 5.24. The number of benzene rings is 1. The molecule has 3 rings (SSSR count). The van der Waals surface area contributed by atoms with Gasteiger partial charge in [-0.25, -0.2) is 0 Å². The molecule has 2 saturated heterocycles. The number of hydrogen-bond acceptors (Lipinski definition) is 3. The Morgan fingerprint density at radius 3 is 2.71 bits per heavy atom. The molecule has 2 aliphatic rings. The lowest BCUT2D eigenvalue weighted by Crippen LogP contribution is -2.48. The summed E-state index contributed by atoms with van der Waals surface area (Å²) in [7, 11) is 1.72. The van der Waals surface area contributed by atoms with Crippen molar-refractivity contribution in [3.63, 3.8) is 0 Å². The van der Waals surface area contributed by atoms with Crippen LogP contribution in [0.3, 0.4) is 0 Å². The molecule has 3 atom stereocenters. The molecule has 1 N–H and O–H groups in total. The summed E-state index contributed by atoms with van der Waals surface area (Å²) >= 11 is 0. The molecule has 21 heavy (non-hydrogen) atoms. The summed E-state index contributed by atoms with van der Waals surface area (Å²) < 4.78 is 5.24. The van der Waals surface area contributed by atoms with Crippen LogP contribution in [0.25, 0.3) is 0 Å². The summed E-state index contributed by atoms with van der Waals surface area (Å²) in [6.45, 7) is 4.86. The Kier molecular flexibility index (Phi) is 4.81. The van der Waals surface area contributed by atoms with Crippen LogP contribution in [0.2, 0.25) is 0 Å². The average Bonchev–Trinajstić information content (AvgIpc) is 3.18. The first-order chi connectivity index (χ1) is 10.3. The predicted octanol–water partition coefficient (Wildman–Crippen LogP) is 2.84. The van der Waals surface area contributed by atoms with Crippen molar-refractivity contribution < 1.29 is 4.74 Å². The first-order valence-electron chi connectivity index (χ1n) is 8.40. The van der Waals surface area contributed by atoms with Crippen molar-refractivity contribution in [3.05, 3.63) is 29.8 Å². The van der Waals surface area contributed by atoms with E-state index in [0.29, 0.717) is 6.04 Å². The van der Waals surface area contributed by atoms with Crippen LogP contribution in [0, 0.1) is 0 Å². The number of ether oxygens (including phenoxy) is 1. The Labute approximate surface area is 128 Å². The van der Waals surface area contributed by atoms with Crippen LogP contribution >= 0.6 is 0 Å². The molecule has 2 heterocycles. The Morgan fingerprint density at radius 1 is 1.24 bits per heavy atom. The third-order valence-electron chi connectivity index (χ3n) is 5.16. The highest BCUT2D eigenvalue weighted by molar-refractivity contribution is 5.27. The molecule has 3 nitrogen and oxygen atoms in total. The van der Waals surface area contributed by atoms with E-state index in [9.17, 15) is 0 Å².